The SMILES string of the molecule is N#Cc1cccc(COc2cccc(NC(=O)Cn3cnc4ccccc4c3=O)c2)c1. The van der Waals surface area contributed by atoms with Crippen LogP contribution >= 0.6 is 0 Å². The van der Waals surface area contributed by atoms with Crippen molar-refractivity contribution in [2.45, 2.75) is 13.2 Å². The fourth-order valence-corrected chi connectivity index (χ4v) is 3.13. The second-order valence-electron chi connectivity index (χ2n) is 6.87. The number of nitriles is 1. The van der Waals surface area contributed by atoms with E-state index in [9.17, 15) is 9.59 Å². The Bertz CT molecular complexity index is 1350. The number of hydrogen-bond acceptors (Lipinski definition) is 5. The van der Waals surface area contributed by atoms with Gasteiger partial charge in [0.1, 0.15) is 18.9 Å². The lowest BCUT2D eigenvalue weighted by atomic mass is 10.1. The summed E-state index contributed by atoms with van der Waals surface area (Å²) in [6.07, 6.45) is 1.37. The fraction of sp³-hybridized carbons (Fsp3) is 0.0833. The summed E-state index contributed by atoms with van der Waals surface area (Å²) in [5, 5.41) is 12.2. The van der Waals surface area contributed by atoms with E-state index in [0.29, 0.717) is 34.5 Å². The molecule has 4 aromatic rings. The van der Waals surface area contributed by atoms with Crippen molar-refractivity contribution in [2.24, 2.45) is 0 Å². The van der Waals surface area contributed by atoms with Crippen LogP contribution in [-0.4, -0.2) is 15.5 Å². The van der Waals surface area contributed by atoms with Crippen molar-refractivity contribution >= 4 is 22.5 Å². The van der Waals surface area contributed by atoms with Crippen LogP contribution in [0.5, 0.6) is 5.75 Å². The molecule has 152 valence electrons. The summed E-state index contributed by atoms with van der Waals surface area (Å²) in [4.78, 5) is 29.2. The van der Waals surface area contributed by atoms with Crippen LogP contribution < -0.4 is 15.6 Å². The number of carbonyl (C=O) groups excluding carboxylic acids is 1. The quantitative estimate of drug-likeness (QED) is 0.525. The van der Waals surface area contributed by atoms with Crippen LogP contribution in [0.25, 0.3) is 10.9 Å². The van der Waals surface area contributed by atoms with Gasteiger partial charge in [0.25, 0.3) is 5.56 Å². The van der Waals surface area contributed by atoms with Gasteiger partial charge in [-0.25, -0.2) is 4.98 Å². The Morgan fingerprint density at radius 1 is 1.06 bits per heavy atom. The highest BCUT2D eigenvalue weighted by molar-refractivity contribution is 5.91. The van der Waals surface area contributed by atoms with Gasteiger partial charge in [0.05, 0.1) is 28.9 Å². The molecule has 0 spiro atoms. The molecule has 31 heavy (non-hydrogen) atoms. The maximum Gasteiger partial charge on any atom is 0.261 e. The average Bonchev–Trinajstić information content (AvgIpc) is 2.80. The minimum atomic E-state index is -0.349. The number of ether oxygens (including phenoxy) is 1. The first-order chi connectivity index (χ1) is 15.1. The minimum Gasteiger partial charge on any atom is -0.489 e. The second kappa shape index (κ2) is 8.93. The Balaban J connectivity index is 1.41. The maximum absolute atomic E-state index is 12.5. The van der Waals surface area contributed by atoms with E-state index in [1.165, 1.54) is 10.9 Å². The summed E-state index contributed by atoms with van der Waals surface area (Å²) in [7, 11) is 0. The van der Waals surface area contributed by atoms with Gasteiger partial charge in [0.2, 0.25) is 5.91 Å². The van der Waals surface area contributed by atoms with E-state index in [2.05, 4.69) is 16.4 Å². The number of nitrogens with one attached hydrogen (secondary N) is 1. The Morgan fingerprint density at radius 2 is 1.90 bits per heavy atom. The lowest BCUT2D eigenvalue weighted by molar-refractivity contribution is -0.116. The molecule has 1 amide bonds. The van der Waals surface area contributed by atoms with Crippen LogP contribution in [0.15, 0.2) is 83.9 Å². The Morgan fingerprint density at radius 3 is 2.77 bits per heavy atom. The molecule has 0 atom stereocenters. The van der Waals surface area contributed by atoms with E-state index in [1.54, 1.807) is 66.7 Å². The number of fused-ring (bicyclic) bond motifs is 1. The summed E-state index contributed by atoms with van der Waals surface area (Å²) in [5.74, 6) is 0.225. The first kappa shape index (κ1) is 19.9. The molecule has 0 fully saturated rings. The zero-order chi connectivity index (χ0) is 21.6. The van der Waals surface area contributed by atoms with E-state index in [4.69, 9.17) is 10.00 Å². The molecular formula is C24H18N4O3. The van der Waals surface area contributed by atoms with Crippen LogP contribution in [-0.2, 0) is 17.9 Å². The van der Waals surface area contributed by atoms with E-state index in [-0.39, 0.29) is 18.0 Å². The first-order valence-electron chi connectivity index (χ1n) is 9.58. The summed E-state index contributed by atoms with van der Waals surface area (Å²) in [5.41, 5.74) is 2.32. The van der Waals surface area contributed by atoms with Gasteiger partial charge in [0.15, 0.2) is 0 Å². The summed E-state index contributed by atoms with van der Waals surface area (Å²) in [6, 6.07) is 23.3. The standard InChI is InChI=1S/C24H18N4O3/c25-13-17-5-3-6-18(11-17)15-31-20-8-4-7-19(12-20)27-23(29)14-28-16-26-22-10-2-1-9-21(22)24(28)30/h1-12,16H,14-15H2,(H,27,29). The molecule has 0 bridgehead atoms. The highest BCUT2D eigenvalue weighted by atomic mass is 16.5. The number of amides is 1. The van der Waals surface area contributed by atoms with Gasteiger partial charge in [0, 0.05) is 11.8 Å². The van der Waals surface area contributed by atoms with E-state index in [0.717, 1.165) is 5.56 Å². The third kappa shape index (κ3) is 4.77. The molecule has 0 aliphatic carbocycles. The fourth-order valence-electron chi connectivity index (χ4n) is 3.13. The smallest absolute Gasteiger partial charge is 0.261 e. The summed E-state index contributed by atoms with van der Waals surface area (Å²) in [6.45, 7) is 0.147. The molecule has 0 saturated heterocycles. The Hall–Kier alpha value is -4.44. The monoisotopic (exact) mass is 410 g/mol. The van der Waals surface area contributed by atoms with Gasteiger partial charge in [-0.05, 0) is 42.0 Å². The van der Waals surface area contributed by atoms with Crippen molar-refractivity contribution in [1.82, 2.24) is 9.55 Å². The van der Waals surface area contributed by atoms with Crippen molar-refractivity contribution in [3.8, 4) is 11.8 Å². The molecule has 3 aromatic carbocycles. The average molecular weight is 410 g/mol. The molecule has 0 aliphatic rings. The van der Waals surface area contributed by atoms with Crippen LogP contribution in [0.1, 0.15) is 11.1 Å². The Kier molecular flexibility index (Phi) is 5.72. The van der Waals surface area contributed by atoms with Gasteiger partial charge in [-0.15, -0.1) is 0 Å². The zero-order valence-electron chi connectivity index (χ0n) is 16.5. The largest absolute Gasteiger partial charge is 0.489 e. The van der Waals surface area contributed by atoms with Gasteiger partial charge < -0.3 is 10.1 Å². The summed E-state index contributed by atoms with van der Waals surface area (Å²) >= 11 is 0. The summed E-state index contributed by atoms with van der Waals surface area (Å²) < 4.78 is 7.05. The molecule has 1 aromatic heterocycles. The lowest BCUT2D eigenvalue weighted by Crippen LogP contribution is -2.27. The topological polar surface area (TPSA) is 97.0 Å². The Labute approximate surface area is 178 Å². The number of nitrogens with zero attached hydrogens (tertiary/aromatic N) is 3. The molecule has 0 aliphatic heterocycles. The highest BCUT2D eigenvalue weighted by Gasteiger charge is 2.09. The van der Waals surface area contributed by atoms with Crippen molar-refractivity contribution in [3.05, 3.63) is 101 Å². The van der Waals surface area contributed by atoms with Crippen LogP contribution in [0, 0.1) is 11.3 Å². The molecule has 1 N–H and O–H groups in total. The first-order valence-corrected chi connectivity index (χ1v) is 9.58. The number of aromatic nitrogens is 2. The van der Waals surface area contributed by atoms with Crippen molar-refractivity contribution in [3.63, 3.8) is 0 Å². The normalized spacial score (nSPS) is 10.4. The van der Waals surface area contributed by atoms with E-state index in [1.807, 2.05) is 6.07 Å². The predicted octanol–water partition coefficient (Wildman–Crippen LogP) is 3.49. The third-order valence-electron chi connectivity index (χ3n) is 4.62. The third-order valence-corrected chi connectivity index (χ3v) is 4.62. The minimum absolute atomic E-state index is 0.150. The molecule has 0 radical (unpaired) electrons. The maximum atomic E-state index is 12.5. The molecule has 0 saturated carbocycles. The van der Waals surface area contributed by atoms with Crippen molar-refractivity contribution in [1.29, 1.82) is 5.26 Å². The number of para-hydroxylation sites is 1. The van der Waals surface area contributed by atoms with E-state index >= 15 is 0 Å². The van der Waals surface area contributed by atoms with Crippen LogP contribution in [0.3, 0.4) is 0 Å². The second-order valence-corrected chi connectivity index (χ2v) is 6.87. The number of carbonyl (C=O) groups is 1. The van der Waals surface area contributed by atoms with Crippen LogP contribution in [0.2, 0.25) is 0 Å². The predicted molar refractivity (Wildman–Crippen MR) is 117 cm³/mol. The molecule has 1 heterocycles. The highest BCUT2D eigenvalue weighted by Crippen LogP contribution is 2.19. The molecule has 7 heteroatoms. The van der Waals surface area contributed by atoms with Gasteiger partial charge in [-0.3, -0.25) is 14.2 Å². The van der Waals surface area contributed by atoms with Crippen LogP contribution in [0.4, 0.5) is 5.69 Å². The number of rotatable bonds is 6. The zero-order valence-corrected chi connectivity index (χ0v) is 16.5. The van der Waals surface area contributed by atoms with Gasteiger partial charge in [-0.2, -0.15) is 5.26 Å². The van der Waals surface area contributed by atoms with Crippen molar-refractivity contribution in [2.75, 3.05) is 5.32 Å². The molecule has 7 nitrogen and oxygen atoms in total. The number of anilines is 1. The van der Waals surface area contributed by atoms with Gasteiger partial charge in [-0.1, -0.05) is 30.3 Å². The van der Waals surface area contributed by atoms with E-state index < -0.39 is 0 Å². The number of hydrogen-bond donors (Lipinski definition) is 1. The molecule has 4 rings (SSSR count). The number of benzene rings is 3. The molecular weight excluding hydrogens is 392 g/mol. The van der Waals surface area contributed by atoms with Gasteiger partial charge >= 0.3 is 0 Å². The van der Waals surface area contributed by atoms with Crippen molar-refractivity contribution < 1.29 is 9.53 Å². The molecule has 0 unspecified atom stereocenters. The lowest BCUT2D eigenvalue weighted by Gasteiger charge is -2.10.